The highest BCUT2D eigenvalue weighted by Crippen LogP contribution is 2.24. The molecule has 1 unspecified atom stereocenters. The number of hydrogen-bond acceptors (Lipinski definition) is 3. The van der Waals surface area contributed by atoms with Crippen LogP contribution >= 0.6 is 0 Å². The van der Waals surface area contributed by atoms with Crippen LogP contribution in [0, 0.1) is 0 Å². The number of carboxylic acids is 1. The summed E-state index contributed by atoms with van der Waals surface area (Å²) in [4.78, 5) is 13.9. The summed E-state index contributed by atoms with van der Waals surface area (Å²) in [7, 11) is 0. The third-order valence-electron chi connectivity index (χ3n) is 4.41. The molecule has 2 N–H and O–H groups in total. The lowest BCUT2D eigenvalue weighted by molar-refractivity contribution is -0.144. The molecular formula is C15H30N2O2. The first-order valence-corrected chi connectivity index (χ1v) is 7.76. The smallest absolute Gasteiger partial charge is 0.323 e. The molecule has 0 aromatic carbocycles. The molecule has 1 aliphatic rings. The molecule has 1 aliphatic carbocycles. The molecule has 4 nitrogen and oxygen atoms in total. The van der Waals surface area contributed by atoms with Crippen LogP contribution in [0.3, 0.4) is 0 Å². The highest BCUT2D eigenvalue weighted by molar-refractivity contribution is 5.78. The van der Waals surface area contributed by atoms with Crippen LogP contribution in [0.15, 0.2) is 0 Å². The van der Waals surface area contributed by atoms with Gasteiger partial charge in [0.2, 0.25) is 0 Å². The zero-order chi connectivity index (χ0) is 14.3. The van der Waals surface area contributed by atoms with Crippen molar-refractivity contribution in [3.63, 3.8) is 0 Å². The maximum absolute atomic E-state index is 11.3. The SMILES string of the molecule is CCNC(C)(CCCN(CC)C1CCCC1)C(=O)O. The van der Waals surface area contributed by atoms with E-state index in [-0.39, 0.29) is 0 Å². The molecular weight excluding hydrogens is 240 g/mol. The number of aliphatic carboxylic acids is 1. The number of rotatable bonds is 9. The maximum atomic E-state index is 11.3. The lowest BCUT2D eigenvalue weighted by atomic mass is 9.95. The third-order valence-corrected chi connectivity index (χ3v) is 4.41. The van der Waals surface area contributed by atoms with Crippen LogP contribution in [0.4, 0.5) is 0 Å². The fraction of sp³-hybridized carbons (Fsp3) is 0.933. The van der Waals surface area contributed by atoms with E-state index < -0.39 is 11.5 Å². The summed E-state index contributed by atoms with van der Waals surface area (Å²) in [5.74, 6) is -0.738. The first kappa shape index (κ1) is 16.4. The number of carboxylic acid groups (broad SMARTS) is 1. The Labute approximate surface area is 117 Å². The molecule has 0 radical (unpaired) electrons. The second-order valence-electron chi connectivity index (χ2n) is 5.84. The Hall–Kier alpha value is -0.610. The highest BCUT2D eigenvalue weighted by Gasteiger charge is 2.31. The number of carbonyl (C=O) groups is 1. The Bertz CT molecular complexity index is 277. The zero-order valence-corrected chi connectivity index (χ0v) is 12.7. The molecule has 4 heteroatoms. The minimum absolute atomic E-state index is 0.694. The molecule has 0 spiro atoms. The van der Waals surface area contributed by atoms with E-state index in [9.17, 15) is 9.90 Å². The lowest BCUT2D eigenvalue weighted by Gasteiger charge is -2.30. The Morgan fingerprint density at radius 1 is 1.37 bits per heavy atom. The van der Waals surface area contributed by atoms with E-state index >= 15 is 0 Å². The van der Waals surface area contributed by atoms with Gasteiger partial charge in [0.1, 0.15) is 5.54 Å². The molecule has 1 saturated carbocycles. The predicted octanol–water partition coefficient (Wildman–Crippen LogP) is 2.48. The van der Waals surface area contributed by atoms with Crippen molar-refractivity contribution >= 4 is 5.97 Å². The number of hydrogen-bond donors (Lipinski definition) is 2. The molecule has 0 heterocycles. The summed E-state index contributed by atoms with van der Waals surface area (Å²) in [6, 6.07) is 0.736. The molecule has 19 heavy (non-hydrogen) atoms. The second kappa shape index (κ2) is 7.85. The van der Waals surface area contributed by atoms with Crippen molar-refractivity contribution in [2.45, 2.75) is 70.9 Å². The van der Waals surface area contributed by atoms with Crippen LogP contribution in [0.2, 0.25) is 0 Å². The molecule has 0 saturated heterocycles. The monoisotopic (exact) mass is 270 g/mol. The van der Waals surface area contributed by atoms with Crippen LogP contribution in [0.5, 0.6) is 0 Å². The van der Waals surface area contributed by atoms with Gasteiger partial charge < -0.3 is 15.3 Å². The van der Waals surface area contributed by atoms with Gasteiger partial charge in [-0.05, 0) is 52.2 Å². The van der Waals surface area contributed by atoms with E-state index in [0.717, 1.165) is 25.6 Å². The van der Waals surface area contributed by atoms with Crippen molar-refractivity contribution in [2.75, 3.05) is 19.6 Å². The van der Waals surface area contributed by atoms with E-state index in [1.165, 1.54) is 25.7 Å². The van der Waals surface area contributed by atoms with Crippen molar-refractivity contribution in [2.24, 2.45) is 0 Å². The minimum Gasteiger partial charge on any atom is -0.480 e. The van der Waals surface area contributed by atoms with Gasteiger partial charge in [0, 0.05) is 6.04 Å². The molecule has 0 aliphatic heterocycles. The predicted molar refractivity (Wildman–Crippen MR) is 78.5 cm³/mol. The summed E-state index contributed by atoms with van der Waals surface area (Å²) in [6.45, 7) is 8.76. The van der Waals surface area contributed by atoms with Crippen LogP contribution in [-0.4, -0.2) is 47.2 Å². The quantitative estimate of drug-likeness (QED) is 0.676. The van der Waals surface area contributed by atoms with Gasteiger partial charge in [-0.25, -0.2) is 0 Å². The van der Waals surface area contributed by atoms with Crippen molar-refractivity contribution in [1.29, 1.82) is 0 Å². The average Bonchev–Trinajstić information content (AvgIpc) is 2.88. The van der Waals surface area contributed by atoms with Gasteiger partial charge in [0.05, 0.1) is 0 Å². The maximum Gasteiger partial charge on any atom is 0.323 e. The van der Waals surface area contributed by atoms with Crippen molar-refractivity contribution in [3.05, 3.63) is 0 Å². The Kier molecular flexibility index (Phi) is 6.80. The van der Waals surface area contributed by atoms with Crippen LogP contribution < -0.4 is 5.32 Å². The summed E-state index contributed by atoms with van der Waals surface area (Å²) in [5.41, 5.74) is -0.774. The molecule has 1 rings (SSSR count). The number of likely N-dealkylation sites (N-methyl/N-ethyl adjacent to an activating group) is 1. The molecule has 0 amide bonds. The van der Waals surface area contributed by atoms with E-state index in [0.29, 0.717) is 13.0 Å². The van der Waals surface area contributed by atoms with Gasteiger partial charge in [-0.1, -0.05) is 26.7 Å². The van der Waals surface area contributed by atoms with Gasteiger partial charge in [-0.15, -0.1) is 0 Å². The van der Waals surface area contributed by atoms with Crippen molar-refractivity contribution in [1.82, 2.24) is 10.2 Å². The average molecular weight is 270 g/mol. The van der Waals surface area contributed by atoms with Crippen LogP contribution in [0.1, 0.15) is 59.3 Å². The normalized spacial score (nSPS) is 19.8. The minimum atomic E-state index is -0.774. The summed E-state index contributed by atoms with van der Waals surface area (Å²) < 4.78 is 0. The Morgan fingerprint density at radius 2 is 2.00 bits per heavy atom. The van der Waals surface area contributed by atoms with Crippen molar-refractivity contribution in [3.8, 4) is 0 Å². The number of nitrogens with one attached hydrogen (secondary N) is 1. The summed E-state index contributed by atoms with van der Waals surface area (Å²) in [5, 5.41) is 12.4. The van der Waals surface area contributed by atoms with E-state index in [1.807, 2.05) is 6.92 Å². The second-order valence-corrected chi connectivity index (χ2v) is 5.84. The fourth-order valence-electron chi connectivity index (χ4n) is 3.17. The summed E-state index contributed by atoms with van der Waals surface area (Å²) in [6.07, 6.45) is 6.98. The number of nitrogens with zero attached hydrogens (tertiary/aromatic N) is 1. The first-order valence-electron chi connectivity index (χ1n) is 7.76. The topological polar surface area (TPSA) is 52.6 Å². The standard InChI is InChI=1S/C15H30N2O2/c1-4-16-15(3,14(18)19)11-8-12-17(5-2)13-9-6-7-10-13/h13,16H,4-12H2,1-3H3,(H,18,19). The van der Waals surface area contributed by atoms with E-state index in [1.54, 1.807) is 6.92 Å². The van der Waals surface area contributed by atoms with Gasteiger partial charge in [-0.3, -0.25) is 4.79 Å². The Morgan fingerprint density at radius 3 is 2.47 bits per heavy atom. The molecule has 112 valence electrons. The zero-order valence-electron chi connectivity index (χ0n) is 12.7. The molecule has 1 fully saturated rings. The fourth-order valence-corrected chi connectivity index (χ4v) is 3.17. The van der Waals surface area contributed by atoms with Gasteiger partial charge in [0.25, 0.3) is 0 Å². The third kappa shape index (κ3) is 4.77. The summed E-state index contributed by atoms with van der Waals surface area (Å²) >= 11 is 0. The molecule has 1 atom stereocenters. The van der Waals surface area contributed by atoms with Gasteiger partial charge in [-0.2, -0.15) is 0 Å². The first-order chi connectivity index (χ1) is 9.03. The van der Waals surface area contributed by atoms with Gasteiger partial charge >= 0.3 is 5.97 Å². The van der Waals surface area contributed by atoms with E-state index in [2.05, 4.69) is 17.1 Å². The Balaban J connectivity index is 2.39. The van der Waals surface area contributed by atoms with Crippen LogP contribution in [-0.2, 0) is 4.79 Å². The van der Waals surface area contributed by atoms with Crippen molar-refractivity contribution < 1.29 is 9.90 Å². The molecule has 0 aromatic heterocycles. The van der Waals surface area contributed by atoms with Gasteiger partial charge in [0.15, 0.2) is 0 Å². The molecule has 0 bridgehead atoms. The van der Waals surface area contributed by atoms with E-state index in [4.69, 9.17) is 0 Å². The lowest BCUT2D eigenvalue weighted by Crippen LogP contribution is -2.49. The highest BCUT2D eigenvalue weighted by atomic mass is 16.4. The largest absolute Gasteiger partial charge is 0.480 e. The molecule has 0 aromatic rings. The van der Waals surface area contributed by atoms with Crippen LogP contribution in [0.25, 0.3) is 0 Å².